The Hall–Kier alpha value is 0.520. The summed E-state index contributed by atoms with van der Waals surface area (Å²) in [6, 6.07) is 0. The molecule has 0 aromatic heterocycles. The molecule has 1 aliphatic heterocycles. The molecule has 1 fully saturated rings. The average Bonchev–Trinajstić information content (AvgIpc) is 2.19. The lowest BCUT2D eigenvalue weighted by Gasteiger charge is -2.17. The zero-order valence-electron chi connectivity index (χ0n) is 8.14. The molecule has 2 atom stereocenters. The zero-order valence-corrected chi connectivity index (χ0v) is 11.6. The fourth-order valence-electron chi connectivity index (χ4n) is 0.993. The standard InChI is InChI=1S/C6H12O6S4/c7-15(8)11-3-5(13)1-2-6(14)4-12-16(15,9)10/h5-6,13-14H,1-4H2. The van der Waals surface area contributed by atoms with Crippen LogP contribution in [0.4, 0.5) is 0 Å². The van der Waals surface area contributed by atoms with Gasteiger partial charge < -0.3 is 0 Å². The highest BCUT2D eigenvalue weighted by Crippen LogP contribution is 2.18. The van der Waals surface area contributed by atoms with Crippen LogP contribution in [0.1, 0.15) is 12.8 Å². The lowest BCUT2D eigenvalue weighted by atomic mass is 10.2. The number of rotatable bonds is 0. The van der Waals surface area contributed by atoms with Crippen LogP contribution in [-0.2, 0) is 26.7 Å². The summed E-state index contributed by atoms with van der Waals surface area (Å²) in [4.78, 5) is 0. The van der Waals surface area contributed by atoms with E-state index in [-0.39, 0.29) is 23.7 Å². The van der Waals surface area contributed by atoms with Crippen molar-refractivity contribution in [2.75, 3.05) is 13.2 Å². The largest absolute Gasteiger partial charge is 0.400 e. The van der Waals surface area contributed by atoms with E-state index in [1.807, 2.05) is 0 Å². The van der Waals surface area contributed by atoms with Crippen molar-refractivity contribution in [1.82, 2.24) is 0 Å². The van der Waals surface area contributed by atoms with Crippen molar-refractivity contribution in [3.8, 4) is 0 Å². The van der Waals surface area contributed by atoms with Gasteiger partial charge in [-0.1, -0.05) is 0 Å². The van der Waals surface area contributed by atoms with Gasteiger partial charge in [0.05, 0.1) is 13.2 Å². The summed E-state index contributed by atoms with van der Waals surface area (Å²) in [5.41, 5.74) is 0. The summed E-state index contributed by atoms with van der Waals surface area (Å²) in [6.07, 6.45) is 1.13. The Labute approximate surface area is 105 Å². The molecule has 0 aromatic carbocycles. The summed E-state index contributed by atoms with van der Waals surface area (Å²) in [5, 5.41) is -0.699. The van der Waals surface area contributed by atoms with Crippen molar-refractivity contribution in [2.45, 2.75) is 23.3 Å². The summed E-state index contributed by atoms with van der Waals surface area (Å²) < 4.78 is 53.5. The topological polar surface area (TPSA) is 86.7 Å². The maximum absolute atomic E-state index is 11.2. The van der Waals surface area contributed by atoms with Crippen LogP contribution in [0.2, 0.25) is 0 Å². The van der Waals surface area contributed by atoms with Gasteiger partial charge in [0.2, 0.25) is 0 Å². The van der Waals surface area contributed by atoms with E-state index in [4.69, 9.17) is 0 Å². The molecule has 2 unspecified atom stereocenters. The molecule has 96 valence electrons. The van der Waals surface area contributed by atoms with Crippen molar-refractivity contribution < 1.29 is 25.2 Å². The average molecular weight is 308 g/mol. The number of thiol groups is 2. The fraction of sp³-hybridized carbons (Fsp3) is 1.00. The number of hydrogen-bond donors (Lipinski definition) is 2. The minimum absolute atomic E-state index is 0.297. The molecule has 0 amide bonds. The highest BCUT2D eigenvalue weighted by Gasteiger charge is 2.34. The second-order valence-electron chi connectivity index (χ2n) is 3.27. The summed E-state index contributed by atoms with van der Waals surface area (Å²) in [6.45, 7) is -0.594. The molecule has 16 heavy (non-hydrogen) atoms. The van der Waals surface area contributed by atoms with Gasteiger partial charge in [0.1, 0.15) is 0 Å². The van der Waals surface area contributed by atoms with Crippen LogP contribution in [0.3, 0.4) is 0 Å². The molecule has 1 aliphatic rings. The van der Waals surface area contributed by atoms with Crippen LogP contribution in [0.5, 0.6) is 0 Å². The molecule has 0 spiro atoms. The van der Waals surface area contributed by atoms with E-state index in [2.05, 4.69) is 33.6 Å². The second kappa shape index (κ2) is 5.44. The molecule has 6 nitrogen and oxygen atoms in total. The van der Waals surface area contributed by atoms with E-state index < -0.39 is 18.3 Å². The van der Waals surface area contributed by atoms with Gasteiger partial charge in [-0.15, -0.1) is 0 Å². The molecule has 0 saturated carbocycles. The Morgan fingerprint density at radius 2 is 1.12 bits per heavy atom. The van der Waals surface area contributed by atoms with Crippen LogP contribution in [0, 0.1) is 0 Å². The van der Waals surface area contributed by atoms with Crippen molar-refractivity contribution in [3.05, 3.63) is 0 Å². The normalized spacial score (nSPS) is 35.4. The maximum atomic E-state index is 11.2. The Bertz CT molecular complexity index is 384. The molecule has 10 heteroatoms. The minimum Gasteiger partial charge on any atom is -0.255 e. The highest BCUT2D eigenvalue weighted by atomic mass is 33.2. The molecule has 0 aliphatic carbocycles. The Morgan fingerprint density at radius 1 is 0.812 bits per heavy atom. The minimum atomic E-state index is -4.75. The first-order chi connectivity index (χ1) is 7.24. The first-order valence-electron chi connectivity index (χ1n) is 4.39. The lowest BCUT2D eigenvalue weighted by molar-refractivity contribution is 0.283. The van der Waals surface area contributed by atoms with E-state index in [1.54, 1.807) is 0 Å². The van der Waals surface area contributed by atoms with Crippen molar-refractivity contribution >= 4 is 43.6 Å². The van der Waals surface area contributed by atoms with Crippen LogP contribution >= 0.6 is 25.3 Å². The van der Waals surface area contributed by atoms with Crippen molar-refractivity contribution in [1.29, 1.82) is 0 Å². The predicted molar refractivity (Wildman–Crippen MR) is 64.5 cm³/mol. The van der Waals surface area contributed by atoms with Crippen molar-refractivity contribution in [3.63, 3.8) is 0 Å². The van der Waals surface area contributed by atoms with E-state index >= 15 is 0 Å². The van der Waals surface area contributed by atoms with Crippen LogP contribution in [0.15, 0.2) is 0 Å². The molecular weight excluding hydrogens is 296 g/mol. The van der Waals surface area contributed by atoms with Gasteiger partial charge in [-0.05, 0) is 12.8 Å². The molecule has 1 saturated heterocycles. The Balaban J connectivity index is 2.91. The van der Waals surface area contributed by atoms with Crippen LogP contribution in [-0.4, -0.2) is 40.5 Å². The van der Waals surface area contributed by atoms with Gasteiger partial charge in [0.25, 0.3) is 0 Å². The molecule has 1 heterocycles. The zero-order chi connectivity index (χ0) is 12.4. The van der Waals surface area contributed by atoms with E-state index in [0.29, 0.717) is 12.8 Å². The third kappa shape index (κ3) is 3.77. The summed E-state index contributed by atoms with van der Waals surface area (Å²) >= 11 is 8.15. The molecule has 0 bridgehead atoms. The van der Waals surface area contributed by atoms with Gasteiger partial charge in [-0.2, -0.15) is 42.1 Å². The van der Waals surface area contributed by atoms with Gasteiger partial charge in [0, 0.05) is 10.5 Å². The van der Waals surface area contributed by atoms with Crippen LogP contribution in [0.25, 0.3) is 0 Å². The van der Waals surface area contributed by atoms with E-state index in [9.17, 15) is 16.8 Å². The molecule has 0 N–H and O–H groups in total. The van der Waals surface area contributed by atoms with E-state index in [1.165, 1.54) is 0 Å². The number of hydrogen-bond acceptors (Lipinski definition) is 8. The predicted octanol–water partition coefficient (Wildman–Crippen LogP) is -0.0152. The quantitative estimate of drug-likeness (QED) is 0.483. The monoisotopic (exact) mass is 308 g/mol. The molecular formula is C6H12O6S4. The van der Waals surface area contributed by atoms with Crippen molar-refractivity contribution in [2.24, 2.45) is 0 Å². The van der Waals surface area contributed by atoms with E-state index in [0.717, 1.165) is 0 Å². The summed E-state index contributed by atoms with van der Waals surface area (Å²) in [5.74, 6) is 0. The summed E-state index contributed by atoms with van der Waals surface area (Å²) in [7, 11) is -9.50. The van der Waals surface area contributed by atoms with Gasteiger partial charge in [0.15, 0.2) is 0 Å². The third-order valence-electron chi connectivity index (χ3n) is 1.89. The van der Waals surface area contributed by atoms with Crippen LogP contribution < -0.4 is 0 Å². The maximum Gasteiger partial charge on any atom is 0.400 e. The van der Waals surface area contributed by atoms with Gasteiger partial charge in [-0.25, -0.2) is 0 Å². The fourth-order valence-corrected chi connectivity index (χ4v) is 3.58. The first kappa shape index (κ1) is 14.6. The highest BCUT2D eigenvalue weighted by molar-refractivity contribution is 8.63. The second-order valence-corrected chi connectivity index (χ2v) is 9.29. The molecule has 1 rings (SSSR count). The first-order valence-corrected chi connectivity index (χ1v) is 8.76. The lowest BCUT2D eigenvalue weighted by Crippen LogP contribution is -2.28. The Kier molecular flexibility index (Phi) is 4.96. The Morgan fingerprint density at radius 3 is 1.44 bits per heavy atom. The molecule has 0 aromatic rings. The van der Waals surface area contributed by atoms with Gasteiger partial charge >= 0.3 is 18.3 Å². The third-order valence-corrected chi connectivity index (χ3v) is 6.13. The smallest absolute Gasteiger partial charge is 0.255 e. The SMILES string of the molecule is O=S1(=O)OCC(S)CCC(S)COS1(=O)=O. The molecule has 0 radical (unpaired) electrons. The van der Waals surface area contributed by atoms with Gasteiger partial charge in [-0.3, -0.25) is 8.37 Å².